The van der Waals surface area contributed by atoms with Gasteiger partial charge < -0.3 is 15.5 Å². The van der Waals surface area contributed by atoms with Crippen LogP contribution in [-0.2, 0) is 4.79 Å². The van der Waals surface area contributed by atoms with E-state index in [1.807, 2.05) is 0 Å². The Morgan fingerprint density at radius 3 is 2.33 bits per heavy atom. The molecule has 6 nitrogen and oxygen atoms in total. The Bertz CT molecular complexity index is 904. The first kappa shape index (κ1) is 20.7. The molecular weight excluding hydrogens is 397 g/mol. The van der Waals surface area contributed by atoms with Crippen LogP contribution in [0.2, 0.25) is 0 Å². The second kappa shape index (κ2) is 7.91. The lowest BCUT2D eigenvalue weighted by atomic mass is 9.84. The van der Waals surface area contributed by atoms with Gasteiger partial charge in [0, 0.05) is 24.7 Å². The van der Waals surface area contributed by atoms with Crippen LogP contribution in [0.15, 0.2) is 12.1 Å². The fourth-order valence-electron chi connectivity index (χ4n) is 5.23. The number of hydrogen-bond acceptors (Lipinski definition) is 4. The molecule has 1 aromatic carbocycles. The van der Waals surface area contributed by atoms with Gasteiger partial charge in [0.05, 0.1) is 17.7 Å². The maximum absolute atomic E-state index is 14.1. The highest BCUT2D eigenvalue weighted by molar-refractivity contribution is 5.95. The van der Waals surface area contributed by atoms with Gasteiger partial charge in [0.15, 0.2) is 11.6 Å². The fourth-order valence-corrected chi connectivity index (χ4v) is 5.23. The third-order valence-corrected chi connectivity index (χ3v) is 6.72. The first-order valence-electron chi connectivity index (χ1n) is 10.2. The van der Waals surface area contributed by atoms with E-state index in [4.69, 9.17) is 5.73 Å². The molecule has 30 heavy (non-hydrogen) atoms. The van der Waals surface area contributed by atoms with E-state index >= 15 is 0 Å². The topological polar surface area (TPSA) is 90.4 Å². The van der Waals surface area contributed by atoms with E-state index in [1.165, 1.54) is 4.90 Å². The SMILES string of the molecule is N#CC1CCCN1C(=O)C(N)C1CC2CCC(C1)N2C(=O)c1cc(F)c(F)cc1F. The average Bonchev–Trinajstić information content (AvgIpc) is 3.30. The number of benzene rings is 1. The Labute approximate surface area is 172 Å². The molecule has 4 rings (SSSR count). The molecule has 3 saturated heterocycles. The number of hydrogen-bond donors (Lipinski definition) is 1. The number of fused-ring (bicyclic) bond motifs is 2. The summed E-state index contributed by atoms with van der Waals surface area (Å²) in [6, 6.07) is 1.44. The number of nitriles is 1. The summed E-state index contributed by atoms with van der Waals surface area (Å²) in [5.74, 6) is -4.77. The van der Waals surface area contributed by atoms with Crippen LogP contribution in [0.4, 0.5) is 13.2 Å². The van der Waals surface area contributed by atoms with Crippen molar-refractivity contribution in [1.29, 1.82) is 5.26 Å². The summed E-state index contributed by atoms with van der Waals surface area (Å²) in [5.41, 5.74) is 5.79. The van der Waals surface area contributed by atoms with Gasteiger partial charge >= 0.3 is 0 Å². The maximum Gasteiger partial charge on any atom is 0.257 e. The van der Waals surface area contributed by atoms with Crippen LogP contribution in [0.5, 0.6) is 0 Å². The summed E-state index contributed by atoms with van der Waals surface area (Å²) in [5, 5.41) is 9.23. The van der Waals surface area contributed by atoms with Crippen molar-refractivity contribution in [3.8, 4) is 6.07 Å². The van der Waals surface area contributed by atoms with Crippen LogP contribution in [0, 0.1) is 34.7 Å². The molecule has 0 radical (unpaired) electrons. The van der Waals surface area contributed by atoms with Crippen LogP contribution in [0.25, 0.3) is 0 Å². The molecule has 2 N–H and O–H groups in total. The van der Waals surface area contributed by atoms with Gasteiger partial charge in [-0.15, -0.1) is 0 Å². The van der Waals surface area contributed by atoms with Crippen molar-refractivity contribution in [3.63, 3.8) is 0 Å². The predicted molar refractivity (Wildman–Crippen MR) is 100 cm³/mol. The largest absolute Gasteiger partial charge is 0.333 e. The van der Waals surface area contributed by atoms with Crippen molar-refractivity contribution in [2.45, 2.75) is 62.7 Å². The lowest BCUT2D eigenvalue weighted by Gasteiger charge is -2.41. The summed E-state index contributed by atoms with van der Waals surface area (Å²) in [4.78, 5) is 28.8. The zero-order valence-electron chi connectivity index (χ0n) is 16.4. The molecule has 3 aliphatic heterocycles. The van der Waals surface area contributed by atoms with E-state index < -0.39 is 41.0 Å². The van der Waals surface area contributed by atoms with Gasteiger partial charge in [-0.25, -0.2) is 13.2 Å². The second-order valence-electron chi connectivity index (χ2n) is 8.42. The predicted octanol–water partition coefficient (Wildman–Crippen LogP) is 2.33. The quantitative estimate of drug-likeness (QED) is 0.760. The molecule has 2 amide bonds. The molecule has 1 aromatic rings. The molecule has 4 atom stereocenters. The van der Waals surface area contributed by atoms with E-state index in [0.717, 1.165) is 6.42 Å². The molecule has 0 spiro atoms. The standard InChI is InChI=1S/C21H23F3N4O2/c22-16-9-18(24)17(23)8-15(16)20(29)28-12-3-4-13(28)7-11(6-12)19(26)21(30)27-5-1-2-14(27)10-25/h8-9,11-14,19H,1-7,26H2. The second-order valence-corrected chi connectivity index (χ2v) is 8.42. The monoisotopic (exact) mass is 420 g/mol. The Morgan fingerprint density at radius 1 is 1.07 bits per heavy atom. The Balaban J connectivity index is 1.48. The summed E-state index contributed by atoms with van der Waals surface area (Å²) in [6.45, 7) is 0.518. The van der Waals surface area contributed by atoms with Crippen molar-refractivity contribution >= 4 is 11.8 Å². The third kappa shape index (κ3) is 3.43. The number of nitrogens with two attached hydrogens (primary N) is 1. The van der Waals surface area contributed by atoms with Gasteiger partial charge in [0.25, 0.3) is 5.91 Å². The van der Waals surface area contributed by atoms with E-state index in [2.05, 4.69) is 6.07 Å². The van der Waals surface area contributed by atoms with E-state index in [1.54, 1.807) is 4.90 Å². The molecule has 2 bridgehead atoms. The molecule has 3 aliphatic rings. The zero-order valence-corrected chi connectivity index (χ0v) is 16.4. The van der Waals surface area contributed by atoms with Gasteiger partial charge in [-0.1, -0.05) is 0 Å². The zero-order chi connectivity index (χ0) is 21.6. The van der Waals surface area contributed by atoms with Crippen molar-refractivity contribution in [3.05, 3.63) is 35.1 Å². The molecule has 4 unspecified atom stereocenters. The molecule has 3 fully saturated rings. The van der Waals surface area contributed by atoms with Crippen molar-refractivity contribution in [2.75, 3.05) is 6.54 Å². The summed E-state index contributed by atoms with van der Waals surface area (Å²) in [7, 11) is 0. The highest BCUT2D eigenvalue weighted by Crippen LogP contribution is 2.41. The number of carbonyl (C=O) groups is 2. The molecule has 0 aromatic heterocycles. The number of rotatable bonds is 3. The number of nitrogens with zero attached hydrogens (tertiary/aromatic N) is 3. The number of amides is 2. The number of carbonyl (C=O) groups excluding carboxylic acids is 2. The van der Waals surface area contributed by atoms with Crippen LogP contribution in [-0.4, -0.2) is 52.3 Å². The molecule has 0 aliphatic carbocycles. The lowest BCUT2D eigenvalue weighted by Crippen LogP contribution is -2.55. The van der Waals surface area contributed by atoms with Crippen LogP contribution >= 0.6 is 0 Å². The van der Waals surface area contributed by atoms with Gasteiger partial charge in [-0.2, -0.15) is 5.26 Å². The first-order chi connectivity index (χ1) is 14.3. The minimum absolute atomic E-state index is 0.159. The van der Waals surface area contributed by atoms with E-state index in [-0.39, 0.29) is 23.9 Å². The summed E-state index contributed by atoms with van der Waals surface area (Å²) in [6.07, 6.45) is 3.74. The van der Waals surface area contributed by atoms with Crippen molar-refractivity contribution in [2.24, 2.45) is 11.7 Å². The van der Waals surface area contributed by atoms with Gasteiger partial charge in [-0.3, -0.25) is 9.59 Å². The molecule has 0 saturated carbocycles. The summed E-state index contributed by atoms with van der Waals surface area (Å²) < 4.78 is 40.9. The lowest BCUT2D eigenvalue weighted by molar-refractivity contribution is -0.134. The highest BCUT2D eigenvalue weighted by atomic mass is 19.2. The Morgan fingerprint density at radius 2 is 1.70 bits per heavy atom. The normalized spacial score (nSPS) is 29.0. The molecule has 3 heterocycles. The molecule has 160 valence electrons. The van der Waals surface area contributed by atoms with Crippen molar-refractivity contribution in [1.82, 2.24) is 9.80 Å². The van der Waals surface area contributed by atoms with Crippen LogP contribution in [0.3, 0.4) is 0 Å². The van der Waals surface area contributed by atoms with Gasteiger partial charge in [-0.05, 0) is 50.5 Å². The molecular formula is C21H23F3N4O2. The van der Waals surface area contributed by atoms with Crippen molar-refractivity contribution < 1.29 is 22.8 Å². The number of piperidine rings is 1. The average molecular weight is 420 g/mol. The minimum Gasteiger partial charge on any atom is -0.333 e. The Hall–Kier alpha value is -2.60. The number of likely N-dealkylation sites (tertiary alicyclic amines) is 1. The third-order valence-electron chi connectivity index (χ3n) is 6.72. The van der Waals surface area contributed by atoms with Gasteiger partial charge in [0.1, 0.15) is 11.9 Å². The first-order valence-corrected chi connectivity index (χ1v) is 10.2. The van der Waals surface area contributed by atoms with Crippen LogP contribution < -0.4 is 5.73 Å². The van der Waals surface area contributed by atoms with E-state index in [9.17, 15) is 28.0 Å². The van der Waals surface area contributed by atoms with E-state index in [0.29, 0.717) is 50.8 Å². The highest BCUT2D eigenvalue weighted by Gasteiger charge is 2.47. The van der Waals surface area contributed by atoms with Crippen LogP contribution in [0.1, 0.15) is 48.9 Å². The number of halogens is 3. The minimum atomic E-state index is -1.34. The van der Waals surface area contributed by atoms with Gasteiger partial charge in [0.2, 0.25) is 5.91 Å². The smallest absolute Gasteiger partial charge is 0.257 e. The summed E-state index contributed by atoms with van der Waals surface area (Å²) >= 11 is 0. The maximum atomic E-state index is 14.1. The molecule has 9 heteroatoms. The Kier molecular flexibility index (Phi) is 5.45. The fraction of sp³-hybridized carbons (Fsp3) is 0.571.